The standard InChI is InChI=1S/C17H17F3O2/c1-3-11(2)12-4-5-14-9-15(7-6-13(14)8-12)22-16(21)10-17(18,19)20/h4-9,11H,3,10H2,1-2H3. The molecule has 0 aliphatic rings. The molecule has 22 heavy (non-hydrogen) atoms. The van der Waals surface area contributed by atoms with Crippen LogP contribution in [0.2, 0.25) is 0 Å². The van der Waals surface area contributed by atoms with E-state index in [4.69, 9.17) is 4.74 Å². The number of fused-ring (bicyclic) bond motifs is 1. The summed E-state index contributed by atoms with van der Waals surface area (Å²) in [6.07, 6.45) is -5.12. The predicted octanol–water partition coefficient (Wildman–Crippen LogP) is 5.21. The van der Waals surface area contributed by atoms with Crippen molar-refractivity contribution in [2.45, 2.75) is 38.8 Å². The average Bonchev–Trinajstić information content (AvgIpc) is 2.43. The lowest BCUT2D eigenvalue weighted by Gasteiger charge is -2.11. The SMILES string of the molecule is CCC(C)c1ccc2cc(OC(=O)CC(F)(F)F)ccc2c1. The molecule has 0 saturated carbocycles. The molecule has 1 atom stereocenters. The maximum absolute atomic E-state index is 12.1. The van der Waals surface area contributed by atoms with E-state index in [1.165, 1.54) is 11.6 Å². The molecule has 2 rings (SSSR count). The van der Waals surface area contributed by atoms with Crippen LogP contribution in [-0.4, -0.2) is 12.1 Å². The molecule has 2 aromatic carbocycles. The summed E-state index contributed by atoms with van der Waals surface area (Å²) >= 11 is 0. The van der Waals surface area contributed by atoms with E-state index in [1.807, 2.05) is 18.2 Å². The quantitative estimate of drug-likeness (QED) is 0.572. The van der Waals surface area contributed by atoms with Crippen LogP contribution in [-0.2, 0) is 4.79 Å². The van der Waals surface area contributed by atoms with Crippen molar-refractivity contribution in [2.24, 2.45) is 0 Å². The van der Waals surface area contributed by atoms with E-state index in [9.17, 15) is 18.0 Å². The van der Waals surface area contributed by atoms with Crippen molar-refractivity contribution in [2.75, 3.05) is 0 Å². The largest absolute Gasteiger partial charge is 0.426 e. The minimum Gasteiger partial charge on any atom is -0.426 e. The highest BCUT2D eigenvalue weighted by Gasteiger charge is 2.32. The van der Waals surface area contributed by atoms with Crippen LogP contribution in [0.1, 0.15) is 38.2 Å². The molecule has 0 fully saturated rings. The van der Waals surface area contributed by atoms with Gasteiger partial charge in [-0.2, -0.15) is 13.2 Å². The lowest BCUT2D eigenvalue weighted by Crippen LogP contribution is -2.19. The predicted molar refractivity (Wildman–Crippen MR) is 79.0 cm³/mol. The van der Waals surface area contributed by atoms with Gasteiger partial charge >= 0.3 is 12.1 Å². The van der Waals surface area contributed by atoms with E-state index in [0.29, 0.717) is 5.92 Å². The molecule has 0 aliphatic carbocycles. The smallest absolute Gasteiger partial charge is 0.399 e. The Bertz CT molecular complexity index is 677. The van der Waals surface area contributed by atoms with Crippen LogP contribution in [0.3, 0.4) is 0 Å². The van der Waals surface area contributed by atoms with Gasteiger partial charge in [-0.25, -0.2) is 0 Å². The monoisotopic (exact) mass is 310 g/mol. The van der Waals surface area contributed by atoms with Gasteiger partial charge < -0.3 is 4.74 Å². The minimum absolute atomic E-state index is 0.123. The van der Waals surface area contributed by atoms with Gasteiger partial charge in [0.05, 0.1) is 0 Å². The fourth-order valence-corrected chi connectivity index (χ4v) is 2.18. The maximum atomic E-state index is 12.1. The van der Waals surface area contributed by atoms with E-state index in [2.05, 4.69) is 13.8 Å². The van der Waals surface area contributed by atoms with Gasteiger partial charge in [0.25, 0.3) is 0 Å². The van der Waals surface area contributed by atoms with E-state index >= 15 is 0 Å². The van der Waals surface area contributed by atoms with Crippen LogP contribution in [0.4, 0.5) is 13.2 Å². The third-order valence-electron chi connectivity index (χ3n) is 3.59. The topological polar surface area (TPSA) is 26.3 Å². The molecule has 5 heteroatoms. The van der Waals surface area contributed by atoms with E-state index in [-0.39, 0.29) is 5.75 Å². The van der Waals surface area contributed by atoms with E-state index < -0.39 is 18.6 Å². The summed E-state index contributed by atoms with van der Waals surface area (Å²) in [6, 6.07) is 10.7. The van der Waals surface area contributed by atoms with Crippen LogP contribution >= 0.6 is 0 Å². The molecule has 0 aliphatic heterocycles. The summed E-state index contributed by atoms with van der Waals surface area (Å²) in [5.74, 6) is -0.741. The zero-order chi connectivity index (χ0) is 16.3. The molecule has 0 N–H and O–H groups in total. The van der Waals surface area contributed by atoms with Crippen molar-refractivity contribution in [3.63, 3.8) is 0 Å². The molecule has 0 heterocycles. The van der Waals surface area contributed by atoms with Gasteiger partial charge in [0.1, 0.15) is 12.2 Å². The van der Waals surface area contributed by atoms with Crippen molar-refractivity contribution in [1.82, 2.24) is 0 Å². The third kappa shape index (κ3) is 4.23. The van der Waals surface area contributed by atoms with Crippen molar-refractivity contribution in [3.8, 4) is 5.75 Å². The number of rotatable bonds is 4. The third-order valence-corrected chi connectivity index (χ3v) is 3.59. The molecule has 2 nitrogen and oxygen atoms in total. The second-order valence-electron chi connectivity index (χ2n) is 5.34. The van der Waals surface area contributed by atoms with Gasteiger partial charge in [0.15, 0.2) is 0 Å². The fraction of sp³-hybridized carbons (Fsp3) is 0.353. The van der Waals surface area contributed by atoms with Crippen LogP contribution in [0.5, 0.6) is 5.75 Å². The molecular formula is C17H17F3O2. The lowest BCUT2D eigenvalue weighted by molar-refractivity contribution is -0.163. The molecule has 0 saturated heterocycles. The highest BCUT2D eigenvalue weighted by molar-refractivity contribution is 5.85. The zero-order valence-electron chi connectivity index (χ0n) is 12.4. The summed E-state index contributed by atoms with van der Waals surface area (Å²) in [4.78, 5) is 11.2. The highest BCUT2D eigenvalue weighted by atomic mass is 19.4. The first-order chi connectivity index (χ1) is 10.3. The number of esters is 1. The normalized spacial score (nSPS) is 13.1. The van der Waals surface area contributed by atoms with E-state index in [1.54, 1.807) is 12.1 Å². The zero-order valence-corrected chi connectivity index (χ0v) is 12.4. The van der Waals surface area contributed by atoms with Gasteiger partial charge in [0.2, 0.25) is 0 Å². The van der Waals surface area contributed by atoms with Crippen LogP contribution < -0.4 is 4.74 Å². The number of carbonyl (C=O) groups is 1. The maximum Gasteiger partial charge on any atom is 0.399 e. The molecule has 0 amide bonds. The molecular weight excluding hydrogens is 293 g/mol. The number of hydrogen-bond acceptors (Lipinski definition) is 2. The molecule has 1 unspecified atom stereocenters. The highest BCUT2D eigenvalue weighted by Crippen LogP contribution is 2.27. The van der Waals surface area contributed by atoms with Crippen molar-refractivity contribution in [1.29, 1.82) is 0 Å². The van der Waals surface area contributed by atoms with Gasteiger partial charge in [0, 0.05) is 0 Å². The lowest BCUT2D eigenvalue weighted by atomic mass is 9.96. The van der Waals surface area contributed by atoms with Crippen LogP contribution in [0, 0.1) is 0 Å². The first-order valence-electron chi connectivity index (χ1n) is 7.09. The Kier molecular flexibility index (Phi) is 4.74. The summed E-state index contributed by atoms with van der Waals surface area (Å²) in [5, 5.41) is 1.79. The van der Waals surface area contributed by atoms with Crippen molar-refractivity contribution in [3.05, 3.63) is 42.0 Å². The Hall–Kier alpha value is -2.04. The molecule has 0 aromatic heterocycles. The summed E-state index contributed by atoms with van der Waals surface area (Å²) in [6.45, 7) is 4.24. The first kappa shape index (κ1) is 16.3. The first-order valence-corrected chi connectivity index (χ1v) is 7.09. The molecule has 2 aromatic rings. The molecule has 0 spiro atoms. The second-order valence-corrected chi connectivity index (χ2v) is 5.34. The molecule has 118 valence electrons. The van der Waals surface area contributed by atoms with Gasteiger partial charge in [-0.3, -0.25) is 4.79 Å². The molecule has 0 radical (unpaired) electrons. The Morgan fingerprint density at radius 3 is 2.41 bits per heavy atom. The Morgan fingerprint density at radius 2 is 1.77 bits per heavy atom. The van der Waals surface area contributed by atoms with Crippen molar-refractivity contribution >= 4 is 16.7 Å². The number of alkyl halides is 3. The fourth-order valence-electron chi connectivity index (χ4n) is 2.18. The van der Waals surface area contributed by atoms with Crippen LogP contribution in [0.25, 0.3) is 10.8 Å². The Labute approximate surface area is 126 Å². The average molecular weight is 310 g/mol. The summed E-state index contributed by atoms with van der Waals surface area (Å²) < 4.78 is 41.1. The molecule has 0 bridgehead atoms. The van der Waals surface area contributed by atoms with Crippen molar-refractivity contribution < 1.29 is 22.7 Å². The van der Waals surface area contributed by atoms with Gasteiger partial charge in [-0.1, -0.05) is 38.1 Å². The van der Waals surface area contributed by atoms with Crippen LogP contribution in [0.15, 0.2) is 36.4 Å². The second kappa shape index (κ2) is 6.38. The summed E-state index contributed by atoms with van der Waals surface area (Å²) in [7, 11) is 0. The van der Waals surface area contributed by atoms with E-state index in [0.717, 1.165) is 17.2 Å². The van der Waals surface area contributed by atoms with Gasteiger partial charge in [-0.15, -0.1) is 0 Å². The number of halogens is 3. The Balaban J connectivity index is 2.19. The summed E-state index contributed by atoms with van der Waals surface area (Å²) in [5.41, 5.74) is 1.21. The number of hydrogen-bond donors (Lipinski definition) is 0. The van der Waals surface area contributed by atoms with Gasteiger partial charge in [-0.05, 0) is 40.8 Å². The number of benzene rings is 2. The Morgan fingerprint density at radius 1 is 1.14 bits per heavy atom. The number of carbonyl (C=O) groups excluding carboxylic acids is 1. The number of ether oxygens (including phenoxy) is 1. The minimum atomic E-state index is -4.56.